The normalized spacial score (nSPS) is 23.1. The van der Waals surface area contributed by atoms with Crippen LogP contribution in [0.4, 0.5) is 5.82 Å². The van der Waals surface area contributed by atoms with Crippen LogP contribution >= 0.6 is 31.9 Å². The van der Waals surface area contributed by atoms with E-state index in [9.17, 15) is 4.79 Å². The van der Waals surface area contributed by atoms with Crippen LogP contribution in [0.25, 0.3) is 0 Å². The molecule has 1 aromatic rings. The van der Waals surface area contributed by atoms with E-state index in [1.54, 1.807) is 6.20 Å². The van der Waals surface area contributed by atoms with Crippen molar-refractivity contribution >= 4 is 43.6 Å². The molecule has 5 nitrogen and oxygen atoms in total. The number of piperidine rings is 1. The number of carbonyl (C=O) groups excluding carboxylic acids is 1. The van der Waals surface area contributed by atoms with Crippen molar-refractivity contribution in [2.45, 2.75) is 26.2 Å². The molecule has 0 spiro atoms. The number of nitrogens with one attached hydrogen (secondary N) is 2. The van der Waals surface area contributed by atoms with Gasteiger partial charge in [-0.1, -0.05) is 6.92 Å². The number of halogens is 2. The smallest absolute Gasteiger partial charge is 0.233 e. The number of amides is 1. The number of aromatic nitrogens is 2. The molecule has 0 bridgehead atoms. The van der Waals surface area contributed by atoms with Gasteiger partial charge in [-0.3, -0.25) is 4.79 Å². The van der Waals surface area contributed by atoms with Crippen LogP contribution in [0.1, 0.15) is 26.2 Å². The van der Waals surface area contributed by atoms with Crippen molar-refractivity contribution in [1.29, 1.82) is 0 Å². The van der Waals surface area contributed by atoms with E-state index in [4.69, 9.17) is 0 Å². The quantitative estimate of drug-likeness (QED) is 0.831. The average molecular weight is 392 g/mol. The van der Waals surface area contributed by atoms with Crippen LogP contribution in [0.5, 0.6) is 0 Å². The Morgan fingerprint density at radius 1 is 1.58 bits per heavy atom. The Balaban J connectivity index is 2.15. The van der Waals surface area contributed by atoms with E-state index in [-0.39, 0.29) is 11.3 Å². The molecule has 1 unspecified atom stereocenters. The monoisotopic (exact) mass is 390 g/mol. The first-order valence-electron chi connectivity index (χ1n) is 6.27. The highest BCUT2D eigenvalue weighted by molar-refractivity contribution is 9.11. The maximum atomic E-state index is 12.5. The van der Waals surface area contributed by atoms with E-state index in [2.05, 4.69) is 59.4 Å². The van der Waals surface area contributed by atoms with Crippen LogP contribution in [0.3, 0.4) is 0 Å². The van der Waals surface area contributed by atoms with Gasteiger partial charge in [-0.2, -0.15) is 0 Å². The molecule has 1 fully saturated rings. The molecule has 1 amide bonds. The summed E-state index contributed by atoms with van der Waals surface area (Å²) in [6.07, 6.45) is 4.31. The van der Waals surface area contributed by atoms with Gasteiger partial charge in [-0.05, 0) is 57.7 Å². The summed E-state index contributed by atoms with van der Waals surface area (Å²) in [5.41, 5.74) is -0.341. The molecular formula is C12H16Br2N4O. The van der Waals surface area contributed by atoms with Crippen molar-refractivity contribution < 1.29 is 4.79 Å². The molecule has 2 rings (SSSR count). The molecule has 104 valence electrons. The van der Waals surface area contributed by atoms with Crippen LogP contribution in [-0.4, -0.2) is 29.0 Å². The van der Waals surface area contributed by atoms with Crippen LogP contribution in [0.2, 0.25) is 0 Å². The summed E-state index contributed by atoms with van der Waals surface area (Å²) in [4.78, 5) is 20.8. The lowest BCUT2D eigenvalue weighted by Crippen LogP contribution is -2.47. The van der Waals surface area contributed by atoms with E-state index in [0.717, 1.165) is 32.4 Å². The predicted octanol–water partition coefficient (Wildman–Crippen LogP) is 2.72. The molecule has 1 aliphatic heterocycles. The van der Waals surface area contributed by atoms with Crippen molar-refractivity contribution in [2.24, 2.45) is 5.41 Å². The van der Waals surface area contributed by atoms with Crippen molar-refractivity contribution in [3.05, 3.63) is 15.4 Å². The minimum absolute atomic E-state index is 0.0134. The van der Waals surface area contributed by atoms with Crippen LogP contribution in [0, 0.1) is 5.41 Å². The largest absolute Gasteiger partial charge is 0.316 e. The molecule has 1 atom stereocenters. The third-order valence-corrected chi connectivity index (χ3v) is 4.50. The van der Waals surface area contributed by atoms with E-state index >= 15 is 0 Å². The second-order valence-electron chi connectivity index (χ2n) is 4.70. The Morgan fingerprint density at radius 2 is 2.37 bits per heavy atom. The van der Waals surface area contributed by atoms with Gasteiger partial charge in [0.05, 0.1) is 11.6 Å². The minimum atomic E-state index is -0.341. The molecule has 0 radical (unpaired) electrons. The third kappa shape index (κ3) is 3.32. The second-order valence-corrected chi connectivity index (χ2v) is 6.26. The highest BCUT2D eigenvalue weighted by atomic mass is 79.9. The number of nitrogens with zero attached hydrogens (tertiary/aromatic N) is 2. The fourth-order valence-electron chi connectivity index (χ4n) is 2.29. The summed E-state index contributed by atoms with van der Waals surface area (Å²) in [6, 6.07) is 0. The Hall–Kier alpha value is -0.530. The first kappa shape index (κ1) is 14.9. The first-order valence-corrected chi connectivity index (χ1v) is 7.86. The van der Waals surface area contributed by atoms with Crippen molar-refractivity contribution in [1.82, 2.24) is 15.3 Å². The highest BCUT2D eigenvalue weighted by Gasteiger charge is 2.38. The molecule has 1 aliphatic rings. The number of rotatable bonds is 3. The van der Waals surface area contributed by atoms with Crippen LogP contribution in [-0.2, 0) is 4.79 Å². The van der Waals surface area contributed by atoms with Gasteiger partial charge in [0.25, 0.3) is 0 Å². The van der Waals surface area contributed by atoms with Gasteiger partial charge in [0.1, 0.15) is 9.21 Å². The molecule has 0 saturated carbocycles. The number of hydrogen-bond acceptors (Lipinski definition) is 4. The van der Waals surface area contributed by atoms with Crippen molar-refractivity contribution in [3.8, 4) is 0 Å². The maximum Gasteiger partial charge on any atom is 0.233 e. The topological polar surface area (TPSA) is 66.9 Å². The Bertz CT molecular complexity index is 475. The molecule has 2 heterocycles. The van der Waals surface area contributed by atoms with Crippen molar-refractivity contribution in [2.75, 3.05) is 18.4 Å². The molecule has 0 aromatic carbocycles. The van der Waals surface area contributed by atoms with Crippen LogP contribution in [0.15, 0.2) is 15.4 Å². The van der Waals surface area contributed by atoms with Gasteiger partial charge >= 0.3 is 0 Å². The van der Waals surface area contributed by atoms with Gasteiger partial charge in [-0.25, -0.2) is 9.97 Å². The van der Waals surface area contributed by atoms with Crippen molar-refractivity contribution in [3.63, 3.8) is 0 Å². The molecular weight excluding hydrogens is 376 g/mol. The number of hydrogen-bond donors (Lipinski definition) is 2. The lowest BCUT2D eigenvalue weighted by molar-refractivity contribution is -0.126. The molecule has 1 aromatic heterocycles. The third-order valence-electron chi connectivity index (χ3n) is 3.56. The van der Waals surface area contributed by atoms with Gasteiger partial charge in [-0.15, -0.1) is 0 Å². The molecule has 2 N–H and O–H groups in total. The second kappa shape index (κ2) is 6.28. The molecule has 19 heavy (non-hydrogen) atoms. The maximum absolute atomic E-state index is 12.5. The minimum Gasteiger partial charge on any atom is -0.316 e. The zero-order chi connectivity index (χ0) is 13.9. The highest BCUT2D eigenvalue weighted by Crippen LogP contribution is 2.32. The Kier molecular flexibility index (Phi) is 4.92. The number of carbonyl (C=O) groups is 1. The summed E-state index contributed by atoms with van der Waals surface area (Å²) in [7, 11) is 0. The zero-order valence-electron chi connectivity index (χ0n) is 10.7. The lowest BCUT2D eigenvalue weighted by Gasteiger charge is -2.35. The standard InChI is InChI=1S/C12H16Br2N4O/c1-2-12(4-3-5-15-7-12)11(19)18-10-9(14)17-8(13)6-16-10/h6,15H,2-5,7H2,1H3,(H,16,18,19). The summed E-state index contributed by atoms with van der Waals surface area (Å²) in [5.74, 6) is 0.478. The molecule has 7 heteroatoms. The lowest BCUT2D eigenvalue weighted by atomic mass is 9.77. The van der Waals surface area contributed by atoms with Gasteiger partial charge in [0.15, 0.2) is 5.82 Å². The Labute approximate surface area is 129 Å². The van der Waals surface area contributed by atoms with Gasteiger partial charge in [0, 0.05) is 6.54 Å². The fourth-order valence-corrected chi connectivity index (χ4v) is 3.20. The predicted molar refractivity (Wildman–Crippen MR) is 80.9 cm³/mol. The van der Waals surface area contributed by atoms with Gasteiger partial charge in [0.2, 0.25) is 5.91 Å². The van der Waals surface area contributed by atoms with E-state index in [0.29, 0.717) is 15.0 Å². The van der Waals surface area contributed by atoms with Crippen LogP contribution < -0.4 is 10.6 Å². The summed E-state index contributed by atoms with van der Waals surface area (Å²) >= 11 is 6.54. The SMILES string of the molecule is CCC1(C(=O)Nc2ncc(Br)nc2Br)CCCNC1. The fraction of sp³-hybridized carbons (Fsp3) is 0.583. The summed E-state index contributed by atoms with van der Waals surface area (Å²) in [5, 5.41) is 6.18. The number of anilines is 1. The van der Waals surface area contributed by atoms with E-state index < -0.39 is 0 Å². The Morgan fingerprint density at radius 3 is 2.95 bits per heavy atom. The first-order chi connectivity index (χ1) is 9.07. The average Bonchev–Trinajstić information content (AvgIpc) is 2.42. The molecule has 0 aliphatic carbocycles. The van der Waals surface area contributed by atoms with Gasteiger partial charge < -0.3 is 10.6 Å². The molecule has 1 saturated heterocycles. The van der Waals surface area contributed by atoms with E-state index in [1.165, 1.54) is 0 Å². The summed E-state index contributed by atoms with van der Waals surface area (Å²) in [6.45, 7) is 3.75. The summed E-state index contributed by atoms with van der Waals surface area (Å²) < 4.78 is 1.16. The van der Waals surface area contributed by atoms with E-state index in [1.807, 2.05) is 0 Å². The zero-order valence-corrected chi connectivity index (χ0v) is 13.8.